The predicted octanol–water partition coefficient (Wildman–Crippen LogP) is 4.95. The molecule has 24 heavy (non-hydrogen) atoms. The van der Waals surface area contributed by atoms with Crippen LogP contribution in [0.5, 0.6) is 0 Å². The number of aliphatic hydroxyl groups excluding tert-OH is 1. The molecule has 0 unspecified atom stereocenters. The molecule has 0 saturated heterocycles. The van der Waals surface area contributed by atoms with Crippen LogP contribution in [0, 0.1) is 0 Å². The average molecular weight is 373 g/mol. The van der Waals surface area contributed by atoms with Crippen LogP contribution in [0.3, 0.4) is 0 Å². The summed E-state index contributed by atoms with van der Waals surface area (Å²) in [5.41, 5.74) is 3.11. The molecule has 1 amide bonds. The molecular formula is C18H26Cl2N2O2. The molecule has 0 heterocycles. The fraction of sp³-hybridized carbons (Fsp3) is 0.556. The first-order chi connectivity index (χ1) is 11.5. The molecule has 0 radical (unpaired) electrons. The van der Waals surface area contributed by atoms with Crippen LogP contribution in [0.1, 0.15) is 63.9 Å². The second-order valence-electron chi connectivity index (χ2n) is 5.85. The zero-order valence-corrected chi connectivity index (χ0v) is 15.6. The number of amides is 1. The van der Waals surface area contributed by atoms with Crippen LogP contribution < -0.4 is 5.43 Å². The molecule has 6 heteroatoms. The van der Waals surface area contributed by atoms with Gasteiger partial charge in [-0.3, -0.25) is 4.79 Å². The Balaban J connectivity index is 2.20. The lowest BCUT2D eigenvalue weighted by molar-refractivity contribution is -0.121. The molecule has 1 aromatic rings. The Morgan fingerprint density at radius 3 is 2.71 bits per heavy atom. The third kappa shape index (κ3) is 9.26. The lowest BCUT2D eigenvalue weighted by Gasteiger charge is -2.09. The summed E-state index contributed by atoms with van der Waals surface area (Å²) in [5.74, 6) is -0.221. The highest BCUT2D eigenvalue weighted by Gasteiger charge is 2.07. The van der Waals surface area contributed by atoms with Gasteiger partial charge in [0.15, 0.2) is 0 Å². The van der Waals surface area contributed by atoms with Gasteiger partial charge in [0.05, 0.1) is 17.3 Å². The molecule has 0 saturated carbocycles. The Kier molecular flexibility index (Phi) is 10.7. The summed E-state index contributed by atoms with van der Waals surface area (Å²) < 4.78 is 0. The number of benzene rings is 1. The standard InChI is InChI=1S/C18H26Cl2N2O2/c1-2-3-4-5-6-7-16(23)10-11-18(24)22-21-13-14-8-9-15(19)12-17(14)20/h8-9,12-13,16,23H,2-7,10-11H2,1H3,(H,22,24)/b21-13-/t16-/m0/s1. The van der Waals surface area contributed by atoms with Crippen molar-refractivity contribution in [2.75, 3.05) is 0 Å². The first kappa shape index (κ1) is 20.9. The van der Waals surface area contributed by atoms with Crippen molar-refractivity contribution >= 4 is 35.3 Å². The zero-order chi connectivity index (χ0) is 17.8. The van der Waals surface area contributed by atoms with Crippen LogP contribution in [0.4, 0.5) is 0 Å². The molecular weight excluding hydrogens is 347 g/mol. The summed E-state index contributed by atoms with van der Waals surface area (Å²) in [6.07, 6.45) is 8.33. The Morgan fingerprint density at radius 2 is 2.00 bits per heavy atom. The Labute approximate surface area is 154 Å². The van der Waals surface area contributed by atoms with Gasteiger partial charge >= 0.3 is 0 Å². The minimum atomic E-state index is -0.424. The molecule has 134 valence electrons. The first-order valence-electron chi connectivity index (χ1n) is 8.48. The number of hydrogen-bond donors (Lipinski definition) is 2. The number of carbonyl (C=O) groups excluding carboxylic acids is 1. The van der Waals surface area contributed by atoms with Gasteiger partial charge in [-0.05, 0) is 25.0 Å². The maximum absolute atomic E-state index is 11.7. The molecule has 0 aromatic heterocycles. The van der Waals surface area contributed by atoms with Gasteiger partial charge in [0.2, 0.25) is 5.91 Å². The van der Waals surface area contributed by atoms with Gasteiger partial charge in [0.1, 0.15) is 0 Å². The molecule has 0 bridgehead atoms. The number of halogens is 2. The zero-order valence-electron chi connectivity index (χ0n) is 14.1. The van der Waals surface area contributed by atoms with E-state index in [2.05, 4.69) is 17.5 Å². The Hall–Kier alpha value is -1.10. The minimum Gasteiger partial charge on any atom is -0.393 e. The molecule has 0 aliphatic heterocycles. The van der Waals surface area contributed by atoms with E-state index >= 15 is 0 Å². The third-order valence-corrected chi connectivity index (χ3v) is 4.26. The first-order valence-corrected chi connectivity index (χ1v) is 9.23. The minimum absolute atomic E-state index is 0.221. The van der Waals surface area contributed by atoms with E-state index in [9.17, 15) is 9.90 Å². The molecule has 1 rings (SSSR count). The maximum Gasteiger partial charge on any atom is 0.240 e. The van der Waals surface area contributed by atoms with Gasteiger partial charge in [-0.25, -0.2) is 5.43 Å². The molecule has 2 N–H and O–H groups in total. The second kappa shape index (κ2) is 12.3. The SMILES string of the molecule is CCCCCCC[C@H](O)CCC(=O)N/N=C\c1ccc(Cl)cc1Cl. The van der Waals surface area contributed by atoms with Crippen LogP contribution in [0.2, 0.25) is 10.0 Å². The summed E-state index contributed by atoms with van der Waals surface area (Å²) in [4.78, 5) is 11.7. The van der Waals surface area contributed by atoms with Crippen LogP contribution >= 0.6 is 23.2 Å². The van der Waals surface area contributed by atoms with Crippen molar-refractivity contribution in [2.24, 2.45) is 5.10 Å². The van der Waals surface area contributed by atoms with Crippen molar-refractivity contribution < 1.29 is 9.90 Å². The van der Waals surface area contributed by atoms with Crippen molar-refractivity contribution in [3.8, 4) is 0 Å². The fourth-order valence-electron chi connectivity index (χ4n) is 2.26. The van der Waals surface area contributed by atoms with Gasteiger partial charge in [-0.15, -0.1) is 0 Å². The van der Waals surface area contributed by atoms with E-state index < -0.39 is 6.10 Å². The highest BCUT2D eigenvalue weighted by atomic mass is 35.5. The summed E-state index contributed by atoms with van der Waals surface area (Å²) in [6, 6.07) is 5.04. The molecule has 0 spiro atoms. The third-order valence-electron chi connectivity index (χ3n) is 3.70. The van der Waals surface area contributed by atoms with Gasteiger partial charge in [0.25, 0.3) is 0 Å². The second-order valence-corrected chi connectivity index (χ2v) is 6.70. The molecule has 0 fully saturated rings. The average Bonchev–Trinajstić information content (AvgIpc) is 2.55. The monoisotopic (exact) mass is 372 g/mol. The summed E-state index contributed by atoms with van der Waals surface area (Å²) in [5, 5.41) is 14.8. The normalized spacial score (nSPS) is 12.5. The molecule has 0 aliphatic carbocycles. The number of unbranched alkanes of at least 4 members (excludes halogenated alkanes) is 4. The fourth-order valence-corrected chi connectivity index (χ4v) is 2.72. The molecule has 4 nitrogen and oxygen atoms in total. The number of carbonyl (C=O) groups is 1. The lowest BCUT2D eigenvalue weighted by atomic mass is 10.0. The van der Waals surface area contributed by atoms with Crippen LogP contribution in [-0.4, -0.2) is 23.3 Å². The van der Waals surface area contributed by atoms with Crippen LogP contribution in [-0.2, 0) is 4.79 Å². The van der Waals surface area contributed by atoms with Crippen LogP contribution in [0.15, 0.2) is 23.3 Å². The van der Waals surface area contributed by atoms with Gasteiger partial charge in [-0.1, -0.05) is 68.3 Å². The number of nitrogens with zero attached hydrogens (tertiary/aromatic N) is 1. The van der Waals surface area contributed by atoms with E-state index in [4.69, 9.17) is 23.2 Å². The van der Waals surface area contributed by atoms with Crippen molar-refractivity contribution in [2.45, 2.75) is 64.4 Å². The van der Waals surface area contributed by atoms with E-state index in [0.29, 0.717) is 22.0 Å². The smallest absolute Gasteiger partial charge is 0.240 e. The molecule has 1 aromatic carbocycles. The van der Waals surface area contributed by atoms with Crippen molar-refractivity contribution in [1.29, 1.82) is 0 Å². The predicted molar refractivity (Wildman–Crippen MR) is 101 cm³/mol. The van der Waals surface area contributed by atoms with Gasteiger partial charge in [-0.2, -0.15) is 5.10 Å². The highest BCUT2D eigenvalue weighted by Crippen LogP contribution is 2.19. The summed E-state index contributed by atoms with van der Waals surface area (Å²) in [7, 11) is 0. The molecule has 1 atom stereocenters. The highest BCUT2D eigenvalue weighted by molar-refractivity contribution is 6.36. The molecule has 0 aliphatic rings. The van der Waals surface area contributed by atoms with Crippen molar-refractivity contribution in [3.63, 3.8) is 0 Å². The van der Waals surface area contributed by atoms with E-state index in [-0.39, 0.29) is 12.3 Å². The largest absolute Gasteiger partial charge is 0.393 e. The van der Waals surface area contributed by atoms with Crippen molar-refractivity contribution in [1.82, 2.24) is 5.43 Å². The summed E-state index contributed by atoms with van der Waals surface area (Å²) >= 11 is 11.8. The van der Waals surface area contributed by atoms with Crippen LogP contribution in [0.25, 0.3) is 0 Å². The number of nitrogens with one attached hydrogen (secondary N) is 1. The van der Waals surface area contributed by atoms with Gasteiger partial charge in [0, 0.05) is 17.0 Å². The van der Waals surface area contributed by atoms with Crippen molar-refractivity contribution in [3.05, 3.63) is 33.8 Å². The van der Waals surface area contributed by atoms with E-state index in [0.717, 1.165) is 19.3 Å². The number of hydrazone groups is 1. The quantitative estimate of drug-likeness (QED) is 0.328. The lowest BCUT2D eigenvalue weighted by Crippen LogP contribution is -2.19. The number of rotatable bonds is 11. The number of hydrogen-bond acceptors (Lipinski definition) is 3. The van der Waals surface area contributed by atoms with E-state index in [1.807, 2.05) is 0 Å². The Bertz CT molecular complexity index is 536. The maximum atomic E-state index is 11.7. The van der Waals surface area contributed by atoms with E-state index in [1.165, 1.54) is 25.5 Å². The number of aliphatic hydroxyl groups is 1. The van der Waals surface area contributed by atoms with E-state index in [1.54, 1.807) is 18.2 Å². The topological polar surface area (TPSA) is 61.7 Å². The Morgan fingerprint density at radius 1 is 1.25 bits per heavy atom. The summed E-state index contributed by atoms with van der Waals surface area (Å²) in [6.45, 7) is 2.18. The van der Waals surface area contributed by atoms with Gasteiger partial charge < -0.3 is 5.11 Å².